The second-order valence-electron chi connectivity index (χ2n) is 10.3. The molecule has 7 nitrogen and oxygen atoms in total. The summed E-state index contributed by atoms with van der Waals surface area (Å²) in [7, 11) is 0. The van der Waals surface area contributed by atoms with Crippen molar-refractivity contribution in [2.24, 2.45) is 5.92 Å². The molecule has 1 aliphatic carbocycles. The molecule has 8 heteroatoms. The number of nitrogens with zero attached hydrogens (tertiary/aromatic N) is 4. The van der Waals surface area contributed by atoms with E-state index in [1.807, 2.05) is 34.1 Å². The molecule has 0 unspecified atom stereocenters. The lowest BCUT2D eigenvalue weighted by atomic mass is 9.92. The Bertz CT molecular complexity index is 1380. The highest BCUT2D eigenvalue weighted by Crippen LogP contribution is 2.47. The molecule has 190 valence electrons. The van der Waals surface area contributed by atoms with Gasteiger partial charge in [-0.1, -0.05) is 6.07 Å². The number of rotatable bonds is 5. The average Bonchev–Trinajstić information content (AvgIpc) is 3.66. The Morgan fingerprint density at radius 2 is 1.97 bits per heavy atom. The summed E-state index contributed by atoms with van der Waals surface area (Å²) in [6, 6.07) is 8.66. The number of benzene rings is 2. The molecule has 3 aromatic rings. The van der Waals surface area contributed by atoms with Crippen LogP contribution in [0.4, 0.5) is 15.8 Å². The van der Waals surface area contributed by atoms with Crippen LogP contribution in [0.3, 0.4) is 0 Å². The summed E-state index contributed by atoms with van der Waals surface area (Å²) in [6.45, 7) is 11.2. The number of halogens is 1. The Kier molecular flexibility index (Phi) is 6.17. The molecular weight excluding hydrogens is 469 g/mol. The van der Waals surface area contributed by atoms with Crippen LogP contribution >= 0.6 is 0 Å². The summed E-state index contributed by atoms with van der Waals surface area (Å²) in [5, 5.41) is 8.05. The number of fused-ring (bicyclic) bond motifs is 1. The van der Waals surface area contributed by atoms with Crippen LogP contribution in [0.1, 0.15) is 50.6 Å². The van der Waals surface area contributed by atoms with E-state index in [0.29, 0.717) is 11.8 Å². The summed E-state index contributed by atoms with van der Waals surface area (Å²) in [5.74, 6) is 0.291. The van der Waals surface area contributed by atoms with Crippen LogP contribution in [0.15, 0.2) is 42.7 Å². The van der Waals surface area contributed by atoms with Crippen LogP contribution in [-0.2, 0) is 11.2 Å². The summed E-state index contributed by atoms with van der Waals surface area (Å²) in [5.41, 5.74) is 3.69. The predicted molar refractivity (Wildman–Crippen MR) is 140 cm³/mol. The average molecular weight is 500 g/mol. The smallest absolute Gasteiger partial charge is 0.230 e. The molecule has 0 radical (unpaired) electrons. The fourth-order valence-corrected chi connectivity index (χ4v) is 5.51. The first-order valence-electron chi connectivity index (χ1n) is 13.1. The molecule has 1 N–H and O–H groups in total. The molecule has 6 rings (SSSR count). The SMILES string of the molecule is [C-]#[N+]c1ccc(Oc2c(-c3cnn(C4CCNCC4)c3)ccc3c2CC[C@H](C)N3C(=O)C2CC2)c(F)c1. The molecule has 3 aliphatic rings. The van der Waals surface area contributed by atoms with Gasteiger partial charge in [-0.3, -0.25) is 9.48 Å². The standard InChI is InChI=1S/C29H30FN5O2/c1-18-3-7-24-26(35(18)29(36)19-4-5-19)9-8-23(20-16-33-34(17-20)22-11-13-32-14-12-22)28(24)37-27-10-6-21(31-2)15-25(27)30/h6,8-10,15-19,22,32H,3-5,7,11-14H2,1H3/t18-/m0/s1. The molecule has 1 amide bonds. The maximum atomic E-state index is 15.0. The zero-order valence-electron chi connectivity index (χ0n) is 20.9. The van der Waals surface area contributed by atoms with E-state index < -0.39 is 5.82 Å². The third-order valence-corrected chi connectivity index (χ3v) is 7.76. The van der Waals surface area contributed by atoms with Gasteiger partial charge in [0.15, 0.2) is 17.3 Å². The lowest BCUT2D eigenvalue weighted by molar-refractivity contribution is -0.120. The number of hydrogen-bond donors (Lipinski definition) is 1. The van der Waals surface area contributed by atoms with Gasteiger partial charge in [-0.25, -0.2) is 9.24 Å². The minimum Gasteiger partial charge on any atom is -0.453 e. The molecule has 1 aromatic heterocycles. The van der Waals surface area contributed by atoms with Gasteiger partial charge in [0.2, 0.25) is 5.91 Å². The largest absolute Gasteiger partial charge is 0.453 e. The van der Waals surface area contributed by atoms with Crippen molar-refractivity contribution < 1.29 is 13.9 Å². The number of nitrogens with one attached hydrogen (secondary N) is 1. The first-order valence-corrected chi connectivity index (χ1v) is 13.1. The molecule has 2 aliphatic heterocycles. The Labute approximate surface area is 216 Å². The maximum absolute atomic E-state index is 15.0. The first kappa shape index (κ1) is 23.7. The van der Waals surface area contributed by atoms with E-state index in [4.69, 9.17) is 11.3 Å². The van der Waals surface area contributed by atoms with Crippen molar-refractivity contribution in [2.75, 3.05) is 18.0 Å². The van der Waals surface area contributed by atoms with Crippen molar-refractivity contribution >= 4 is 17.3 Å². The summed E-state index contributed by atoms with van der Waals surface area (Å²) in [6.07, 6.45) is 9.32. The fraction of sp³-hybridized carbons (Fsp3) is 0.414. The van der Waals surface area contributed by atoms with Crippen LogP contribution in [0, 0.1) is 18.3 Å². The Hall–Kier alpha value is -3.70. The molecular formula is C29H30FN5O2. The number of ether oxygens (including phenoxy) is 1. The molecule has 2 aromatic carbocycles. The number of anilines is 1. The lowest BCUT2D eigenvalue weighted by Gasteiger charge is -2.36. The van der Waals surface area contributed by atoms with Gasteiger partial charge in [0.05, 0.1) is 24.5 Å². The van der Waals surface area contributed by atoms with Gasteiger partial charge in [-0.05, 0) is 82.8 Å². The van der Waals surface area contributed by atoms with Crippen LogP contribution in [-0.4, -0.2) is 34.8 Å². The molecule has 0 bridgehead atoms. The molecule has 1 saturated carbocycles. The van der Waals surface area contributed by atoms with Gasteiger partial charge in [0, 0.05) is 34.8 Å². The number of piperidine rings is 1. The Morgan fingerprint density at radius 3 is 2.70 bits per heavy atom. The monoisotopic (exact) mass is 499 g/mol. The minimum atomic E-state index is -0.586. The van der Waals surface area contributed by atoms with Crippen molar-refractivity contribution in [3.05, 3.63) is 65.5 Å². The van der Waals surface area contributed by atoms with E-state index in [-0.39, 0.29) is 29.3 Å². The van der Waals surface area contributed by atoms with Crippen molar-refractivity contribution in [3.8, 4) is 22.6 Å². The van der Waals surface area contributed by atoms with Crippen molar-refractivity contribution in [3.63, 3.8) is 0 Å². The third kappa shape index (κ3) is 4.49. The van der Waals surface area contributed by atoms with Crippen LogP contribution in [0.5, 0.6) is 11.5 Å². The van der Waals surface area contributed by atoms with Crippen molar-refractivity contribution in [2.45, 2.75) is 57.5 Å². The van der Waals surface area contributed by atoms with Gasteiger partial charge in [0.1, 0.15) is 5.75 Å². The number of aromatic nitrogens is 2. The summed E-state index contributed by atoms with van der Waals surface area (Å²) >= 11 is 0. The predicted octanol–water partition coefficient (Wildman–Crippen LogP) is 6.03. The number of carbonyl (C=O) groups is 1. The van der Waals surface area contributed by atoms with E-state index in [1.54, 1.807) is 6.07 Å². The number of amides is 1. The highest BCUT2D eigenvalue weighted by Gasteiger charge is 2.39. The van der Waals surface area contributed by atoms with Crippen LogP contribution < -0.4 is 15.0 Å². The summed E-state index contributed by atoms with van der Waals surface area (Å²) < 4.78 is 23.3. The van der Waals surface area contributed by atoms with Gasteiger partial charge >= 0.3 is 0 Å². The van der Waals surface area contributed by atoms with E-state index in [0.717, 1.165) is 74.0 Å². The first-order chi connectivity index (χ1) is 18.0. The maximum Gasteiger partial charge on any atom is 0.230 e. The molecule has 3 heterocycles. The lowest BCUT2D eigenvalue weighted by Crippen LogP contribution is -2.43. The zero-order chi connectivity index (χ0) is 25.5. The fourth-order valence-electron chi connectivity index (χ4n) is 5.51. The van der Waals surface area contributed by atoms with E-state index in [1.165, 1.54) is 12.1 Å². The van der Waals surface area contributed by atoms with Crippen LogP contribution in [0.2, 0.25) is 0 Å². The molecule has 1 atom stereocenters. The number of hydrogen-bond acceptors (Lipinski definition) is 4. The molecule has 1 saturated heterocycles. The zero-order valence-corrected chi connectivity index (χ0v) is 20.9. The normalized spacial score (nSPS) is 19.8. The highest BCUT2D eigenvalue weighted by atomic mass is 19.1. The van der Waals surface area contributed by atoms with E-state index >= 15 is 0 Å². The number of carbonyl (C=O) groups excluding carboxylic acids is 1. The second kappa shape index (κ2) is 9.64. The van der Waals surface area contributed by atoms with Gasteiger partial charge in [-0.15, -0.1) is 0 Å². The van der Waals surface area contributed by atoms with E-state index in [2.05, 4.69) is 22.2 Å². The summed E-state index contributed by atoms with van der Waals surface area (Å²) in [4.78, 5) is 18.5. The van der Waals surface area contributed by atoms with Gasteiger partial charge in [0.25, 0.3) is 0 Å². The highest BCUT2D eigenvalue weighted by molar-refractivity contribution is 5.99. The quantitative estimate of drug-likeness (QED) is 0.435. The second-order valence-corrected chi connectivity index (χ2v) is 10.3. The Balaban J connectivity index is 1.45. The van der Waals surface area contributed by atoms with Crippen molar-refractivity contribution in [1.82, 2.24) is 15.1 Å². The van der Waals surface area contributed by atoms with E-state index in [9.17, 15) is 9.18 Å². The third-order valence-electron chi connectivity index (χ3n) is 7.76. The van der Waals surface area contributed by atoms with Gasteiger partial charge < -0.3 is 15.0 Å². The molecule has 37 heavy (non-hydrogen) atoms. The van der Waals surface area contributed by atoms with Crippen molar-refractivity contribution in [1.29, 1.82) is 0 Å². The Morgan fingerprint density at radius 1 is 1.16 bits per heavy atom. The molecule has 0 spiro atoms. The topological polar surface area (TPSA) is 63.8 Å². The van der Waals surface area contributed by atoms with Crippen LogP contribution in [0.25, 0.3) is 16.0 Å². The molecule has 2 fully saturated rings. The van der Waals surface area contributed by atoms with Gasteiger partial charge in [-0.2, -0.15) is 5.10 Å². The minimum absolute atomic E-state index is 0.0616.